The second-order valence-corrected chi connectivity index (χ2v) is 6.85. The quantitative estimate of drug-likeness (QED) is 0.932. The molecule has 1 aliphatic heterocycles. The molecule has 23 heavy (non-hydrogen) atoms. The van der Waals surface area contributed by atoms with Crippen LogP contribution < -0.4 is 10.9 Å². The van der Waals surface area contributed by atoms with Crippen molar-refractivity contribution in [3.05, 3.63) is 40.3 Å². The first-order valence-electron chi connectivity index (χ1n) is 7.54. The Kier molecular flexibility index (Phi) is 4.47. The molecule has 1 N–H and O–H groups in total. The zero-order chi connectivity index (χ0) is 16.4. The molecule has 1 aromatic heterocycles. The molecule has 0 fully saturated rings. The van der Waals surface area contributed by atoms with Crippen LogP contribution in [0.15, 0.2) is 34.1 Å². The molecular weight excluding hydrogens is 312 g/mol. The van der Waals surface area contributed by atoms with Gasteiger partial charge in [0.25, 0.3) is 11.5 Å². The third-order valence-electron chi connectivity index (χ3n) is 3.43. The Labute approximate surface area is 138 Å². The second-order valence-electron chi connectivity index (χ2n) is 5.76. The van der Waals surface area contributed by atoms with Crippen molar-refractivity contribution in [2.75, 3.05) is 12.3 Å². The van der Waals surface area contributed by atoms with Gasteiger partial charge in [-0.05, 0) is 12.0 Å². The van der Waals surface area contributed by atoms with Crippen LogP contribution in [0, 0.1) is 5.92 Å². The summed E-state index contributed by atoms with van der Waals surface area (Å²) in [6.45, 7) is 5.20. The number of amides is 1. The van der Waals surface area contributed by atoms with Crippen LogP contribution in [-0.4, -0.2) is 33.2 Å². The highest BCUT2D eigenvalue weighted by Crippen LogP contribution is 2.15. The van der Waals surface area contributed by atoms with Crippen molar-refractivity contribution in [1.82, 2.24) is 15.1 Å². The number of hydrogen-bond donors (Lipinski definition) is 1. The van der Waals surface area contributed by atoms with Crippen molar-refractivity contribution in [3.63, 3.8) is 0 Å². The molecule has 0 unspecified atom stereocenters. The molecule has 1 amide bonds. The SMILES string of the molecule is CC(C)Cn1nc(C(=O)NC2=NCCS2)c2ccccc2c1=O. The minimum Gasteiger partial charge on any atom is -0.300 e. The van der Waals surface area contributed by atoms with Crippen LogP contribution in [0.3, 0.4) is 0 Å². The van der Waals surface area contributed by atoms with Crippen LogP contribution >= 0.6 is 11.8 Å². The van der Waals surface area contributed by atoms with E-state index in [4.69, 9.17) is 0 Å². The van der Waals surface area contributed by atoms with Crippen LogP contribution in [0.25, 0.3) is 10.8 Å². The van der Waals surface area contributed by atoms with E-state index in [2.05, 4.69) is 15.4 Å². The average molecular weight is 330 g/mol. The van der Waals surface area contributed by atoms with Crippen molar-refractivity contribution < 1.29 is 4.79 Å². The number of fused-ring (bicyclic) bond motifs is 1. The number of hydrogen-bond acceptors (Lipinski definition) is 5. The van der Waals surface area contributed by atoms with E-state index in [1.54, 1.807) is 24.3 Å². The van der Waals surface area contributed by atoms with Gasteiger partial charge in [0.1, 0.15) is 0 Å². The minimum absolute atomic E-state index is 0.168. The smallest absolute Gasteiger partial charge is 0.278 e. The van der Waals surface area contributed by atoms with Gasteiger partial charge in [-0.15, -0.1) is 0 Å². The molecule has 120 valence electrons. The summed E-state index contributed by atoms with van der Waals surface area (Å²) < 4.78 is 1.38. The zero-order valence-electron chi connectivity index (χ0n) is 13.1. The predicted molar refractivity (Wildman–Crippen MR) is 93.1 cm³/mol. The van der Waals surface area contributed by atoms with Gasteiger partial charge in [-0.1, -0.05) is 43.8 Å². The third-order valence-corrected chi connectivity index (χ3v) is 4.32. The summed E-state index contributed by atoms with van der Waals surface area (Å²) in [5, 5.41) is 8.78. The number of nitrogens with one attached hydrogen (secondary N) is 1. The number of aliphatic imine (C=N–C) groups is 1. The maximum atomic E-state index is 12.6. The summed E-state index contributed by atoms with van der Waals surface area (Å²) in [7, 11) is 0. The molecule has 1 aromatic carbocycles. The highest BCUT2D eigenvalue weighted by Gasteiger charge is 2.19. The van der Waals surface area contributed by atoms with Gasteiger partial charge < -0.3 is 0 Å². The van der Waals surface area contributed by atoms with Gasteiger partial charge in [-0.25, -0.2) is 4.68 Å². The van der Waals surface area contributed by atoms with Gasteiger partial charge in [0.15, 0.2) is 10.9 Å². The van der Waals surface area contributed by atoms with Crippen LogP contribution in [0.1, 0.15) is 24.3 Å². The summed E-state index contributed by atoms with van der Waals surface area (Å²) in [6.07, 6.45) is 0. The van der Waals surface area contributed by atoms with Crippen molar-refractivity contribution in [2.45, 2.75) is 20.4 Å². The monoisotopic (exact) mass is 330 g/mol. The number of thioether (sulfide) groups is 1. The van der Waals surface area contributed by atoms with Gasteiger partial charge in [0, 0.05) is 17.7 Å². The highest BCUT2D eigenvalue weighted by molar-refractivity contribution is 8.14. The molecule has 2 aromatic rings. The molecule has 1 aliphatic rings. The lowest BCUT2D eigenvalue weighted by atomic mass is 10.1. The molecule has 0 spiro atoms. The summed E-state index contributed by atoms with van der Waals surface area (Å²) in [6, 6.07) is 7.08. The first-order chi connectivity index (χ1) is 11.1. The molecule has 3 rings (SSSR count). The topological polar surface area (TPSA) is 76.3 Å². The summed E-state index contributed by atoms with van der Waals surface area (Å²) in [4.78, 5) is 29.3. The standard InChI is InChI=1S/C16H18N4O2S/c1-10(2)9-20-15(22)12-6-4-3-5-11(12)13(19-20)14(21)18-16-17-7-8-23-16/h3-6,10H,7-9H2,1-2H3,(H,17,18,21). The van der Waals surface area contributed by atoms with Crippen LogP contribution in [-0.2, 0) is 6.54 Å². The maximum Gasteiger partial charge on any atom is 0.278 e. The fourth-order valence-corrected chi connectivity index (χ4v) is 3.16. The number of amidine groups is 1. The van der Waals surface area contributed by atoms with Crippen molar-refractivity contribution in [3.8, 4) is 0 Å². The molecule has 2 heterocycles. The highest BCUT2D eigenvalue weighted by atomic mass is 32.2. The largest absolute Gasteiger partial charge is 0.300 e. The Morgan fingerprint density at radius 3 is 2.74 bits per heavy atom. The van der Waals surface area contributed by atoms with Crippen LogP contribution in [0.4, 0.5) is 0 Å². The molecule has 0 radical (unpaired) electrons. The van der Waals surface area contributed by atoms with Crippen LogP contribution in [0.5, 0.6) is 0 Å². The number of carbonyl (C=O) groups is 1. The van der Waals surface area contributed by atoms with Crippen LogP contribution in [0.2, 0.25) is 0 Å². The molecule has 7 heteroatoms. The molecule has 0 atom stereocenters. The number of benzene rings is 1. The van der Waals surface area contributed by atoms with E-state index in [0.29, 0.717) is 29.0 Å². The van der Waals surface area contributed by atoms with E-state index >= 15 is 0 Å². The molecule has 0 saturated carbocycles. The Balaban J connectivity index is 2.08. The fraction of sp³-hybridized carbons (Fsp3) is 0.375. The lowest BCUT2D eigenvalue weighted by Crippen LogP contribution is -2.33. The Morgan fingerprint density at radius 1 is 1.35 bits per heavy atom. The van der Waals surface area contributed by atoms with Crippen molar-refractivity contribution >= 4 is 33.6 Å². The molecule has 6 nitrogen and oxygen atoms in total. The van der Waals surface area contributed by atoms with Crippen molar-refractivity contribution in [1.29, 1.82) is 0 Å². The van der Waals surface area contributed by atoms with Gasteiger partial charge >= 0.3 is 0 Å². The summed E-state index contributed by atoms with van der Waals surface area (Å²) in [5.41, 5.74) is 0.0921. The minimum atomic E-state index is -0.327. The Morgan fingerprint density at radius 2 is 2.09 bits per heavy atom. The van der Waals surface area contributed by atoms with Gasteiger partial charge in [0.2, 0.25) is 0 Å². The van der Waals surface area contributed by atoms with Crippen molar-refractivity contribution in [2.24, 2.45) is 10.9 Å². The summed E-state index contributed by atoms with van der Waals surface area (Å²) >= 11 is 1.51. The lowest BCUT2D eigenvalue weighted by molar-refractivity contribution is 0.0972. The maximum absolute atomic E-state index is 12.6. The Hall–Kier alpha value is -2.15. The van der Waals surface area contributed by atoms with E-state index in [1.807, 2.05) is 13.8 Å². The lowest BCUT2D eigenvalue weighted by Gasteiger charge is -2.12. The van der Waals surface area contributed by atoms with E-state index < -0.39 is 0 Å². The number of aromatic nitrogens is 2. The normalized spacial score (nSPS) is 14.3. The van der Waals surface area contributed by atoms with Gasteiger partial charge in [-0.2, -0.15) is 5.10 Å². The third kappa shape index (κ3) is 3.29. The Bertz CT molecular complexity index is 842. The van der Waals surface area contributed by atoms with Gasteiger partial charge in [0.05, 0.1) is 11.9 Å². The predicted octanol–water partition coefficient (Wildman–Crippen LogP) is 1.89. The van der Waals surface area contributed by atoms with E-state index in [0.717, 1.165) is 5.75 Å². The zero-order valence-corrected chi connectivity index (χ0v) is 13.9. The molecule has 0 aliphatic carbocycles. The fourth-order valence-electron chi connectivity index (χ4n) is 2.44. The molecule has 0 saturated heterocycles. The van der Waals surface area contributed by atoms with Gasteiger partial charge in [-0.3, -0.25) is 19.9 Å². The van der Waals surface area contributed by atoms with E-state index in [1.165, 1.54) is 16.4 Å². The average Bonchev–Trinajstić information content (AvgIpc) is 3.02. The summed E-state index contributed by atoms with van der Waals surface area (Å²) in [5.74, 6) is 0.801. The number of rotatable bonds is 3. The first-order valence-corrected chi connectivity index (χ1v) is 8.53. The molecule has 0 bridgehead atoms. The number of carbonyl (C=O) groups excluding carboxylic acids is 1. The van der Waals surface area contributed by atoms with E-state index in [9.17, 15) is 9.59 Å². The first kappa shape index (κ1) is 15.7. The van der Waals surface area contributed by atoms with E-state index in [-0.39, 0.29) is 23.1 Å². The molecular formula is C16H18N4O2S. The second kappa shape index (κ2) is 6.54. The number of nitrogens with zero attached hydrogens (tertiary/aromatic N) is 3.